The first-order valence-corrected chi connectivity index (χ1v) is 6.35. The van der Waals surface area contributed by atoms with Crippen molar-refractivity contribution in [2.24, 2.45) is 5.11 Å². The SMILES string of the molecule is CSSC(CN=[N+]=[N-])C[C@H](O)C(=O)O. The molecule has 6 nitrogen and oxygen atoms in total. The number of hydrogen-bond acceptors (Lipinski definition) is 5. The third-order valence-corrected chi connectivity index (χ3v) is 3.55. The minimum Gasteiger partial charge on any atom is -0.479 e. The average molecular weight is 237 g/mol. The van der Waals surface area contributed by atoms with Crippen LogP contribution in [0, 0.1) is 0 Å². The van der Waals surface area contributed by atoms with Crippen molar-refractivity contribution in [3.8, 4) is 0 Å². The molecule has 0 saturated carbocycles. The van der Waals surface area contributed by atoms with E-state index in [1.54, 1.807) is 0 Å². The molecule has 0 spiro atoms. The van der Waals surface area contributed by atoms with Crippen LogP contribution in [0.1, 0.15) is 6.42 Å². The molecular weight excluding hydrogens is 226 g/mol. The fourth-order valence-electron chi connectivity index (χ4n) is 0.758. The summed E-state index contributed by atoms with van der Waals surface area (Å²) in [6.07, 6.45) is 0.523. The highest BCUT2D eigenvalue weighted by molar-refractivity contribution is 8.76. The van der Waals surface area contributed by atoms with Gasteiger partial charge in [-0.2, -0.15) is 0 Å². The molecule has 0 aliphatic heterocycles. The molecule has 0 bridgehead atoms. The number of hydrogen-bond donors (Lipinski definition) is 2. The van der Waals surface area contributed by atoms with Crippen LogP contribution in [0.2, 0.25) is 0 Å². The molecule has 80 valence electrons. The van der Waals surface area contributed by atoms with Gasteiger partial charge >= 0.3 is 5.97 Å². The Morgan fingerprint density at radius 1 is 1.71 bits per heavy atom. The quantitative estimate of drug-likeness (QED) is 0.302. The third-order valence-electron chi connectivity index (χ3n) is 1.35. The number of aliphatic carboxylic acids is 1. The van der Waals surface area contributed by atoms with Gasteiger partial charge in [0, 0.05) is 16.7 Å². The second kappa shape index (κ2) is 7.81. The maximum absolute atomic E-state index is 10.3. The third kappa shape index (κ3) is 5.98. The predicted molar refractivity (Wildman–Crippen MR) is 57.2 cm³/mol. The van der Waals surface area contributed by atoms with E-state index in [2.05, 4.69) is 10.0 Å². The van der Waals surface area contributed by atoms with E-state index in [1.807, 2.05) is 6.26 Å². The minimum atomic E-state index is -1.39. The van der Waals surface area contributed by atoms with Gasteiger partial charge < -0.3 is 10.2 Å². The summed E-state index contributed by atoms with van der Waals surface area (Å²) in [5.74, 6) is -1.25. The molecule has 0 aliphatic rings. The lowest BCUT2D eigenvalue weighted by Crippen LogP contribution is -2.25. The van der Waals surface area contributed by atoms with Gasteiger partial charge in [-0.3, -0.25) is 0 Å². The summed E-state index contributed by atoms with van der Waals surface area (Å²) in [4.78, 5) is 12.9. The van der Waals surface area contributed by atoms with E-state index in [1.165, 1.54) is 21.6 Å². The molecule has 0 amide bonds. The number of aliphatic hydroxyl groups is 1. The molecule has 2 N–H and O–H groups in total. The second-order valence-electron chi connectivity index (χ2n) is 2.39. The van der Waals surface area contributed by atoms with Crippen LogP contribution in [0.4, 0.5) is 0 Å². The van der Waals surface area contributed by atoms with Crippen LogP contribution in [-0.4, -0.2) is 40.3 Å². The highest BCUT2D eigenvalue weighted by atomic mass is 33.1. The van der Waals surface area contributed by atoms with E-state index in [4.69, 9.17) is 15.7 Å². The van der Waals surface area contributed by atoms with Gasteiger partial charge in [-0.25, -0.2) is 4.79 Å². The van der Waals surface area contributed by atoms with E-state index in [-0.39, 0.29) is 18.2 Å². The first-order chi connectivity index (χ1) is 6.61. The van der Waals surface area contributed by atoms with Gasteiger partial charge in [0.25, 0.3) is 0 Å². The summed E-state index contributed by atoms with van der Waals surface area (Å²) in [5.41, 5.74) is 8.09. The van der Waals surface area contributed by atoms with Crippen LogP contribution in [0.5, 0.6) is 0 Å². The number of carboxylic acids is 1. The van der Waals surface area contributed by atoms with E-state index in [9.17, 15) is 4.79 Å². The molecule has 0 aliphatic carbocycles. The summed E-state index contributed by atoms with van der Waals surface area (Å²) >= 11 is 0. The van der Waals surface area contributed by atoms with Crippen molar-refractivity contribution in [2.75, 3.05) is 12.8 Å². The predicted octanol–water partition coefficient (Wildman–Crippen LogP) is 1.51. The van der Waals surface area contributed by atoms with E-state index < -0.39 is 12.1 Å². The Balaban J connectivity index is 4.06. The molecule has 0 aromatic rings. The zero-order valence-corrected chi connectivity index (χ0v) is 9.16. The van der Waals surface area contributed by atoms with Crippen LogP contribution in [0.25, 0.3) is 10.4 Å². The van der Waals surface area contributed by atoms with Crippen molar-refractivity contribution >= 4 is 27.6 Å². The van der Waals surface area contributed by atoms with Gasteiger partial charge in [0.05, 0.1) is 0 Å². The van der Waals surface area contributed by atoms with Crippen molar-refractivity contribution in [1.29, 1.82) is 0 Å². The average Bonchev–Trinajstić information content (AvgIpc) is 2.14. The standard InChI is InChI=1S/C6H11N3O3S2/c1-13-14-4(3-8-9-7)2-5(10)6(11)12/h4-5,10H,2-3H2,1H3,(H,11,12)/t4?,5-/m0/s1. The molecular formula is C6H11N3O3S2. The molecule has 0 rings (SSSR count). The molecule has 0 heterocycles. The van der Waals surface area contributed by atoms with E-state index in [0.717, 1.165) is 0 Å². The van der Waals surface area contributed by atoms with Crippen LogP contribution >= 0.6 is 21.6 Å². The number of nitrogens with zero attached hydrogens (tertiary/aromatic N) is 3. The smallest absolute Gasteiger partial charge is 0.332 e. The van der Waals surface area contributed by atoms with Crippen molar-refractivity contribution in [3.05, 3.63) is 10.4 Å². The first-order valence-electron chi connectivity index (χ1n) is 3.73. The Bertz CT molecular complexity index is 232. The first kappa shape index (κ1) is 13.4. The van der Waals surface area contributed by atoms with Crippen molar-refractivity contribution in [3.63, 3.8) is 0 Å². The Labute approximate surface area is 89.1 Å². The highest BCUT2D eigenvalue weighted by Crippen LogP contribution is 2.27. The summed E-state index contributed by atoms with van der Waals surface area (Å²) in [6.45, 7) is 0.187. The summed E-state index contributed by atoms with van der Waals surface area (Å²) in [5, 5.41) is 20.7. The molecule has 14 heavy (non-hydrogen) atoms. The fraction of sp³-hybridized carbons (Fsp3) is 0.833. The Hall–Kier alpha value is -0.560. The van der Waals surface area contributed by atoms with Crippen molar-refractivity contribution < 1.29 is 15.0 Å². The van der Waals surface area contributed by atoms with Gasteiger partial charge in [-0.05, 0) is 18.2 Å². The largest absolute Gasteiger partial charge is 0.479 e. The Morgan fingerprint density at radius 2 is 2.36 bits per heavy atom. The van der Waals surface area contributed by atoms with Crippen molar-refractivity contribution in [1.82, 2.24) is 0 Å². The lowest BCUT2D eigenvalue weighted by molar-refractivity contribution is -0.146. The van der Waals surface area contributed by atoms with Gasteiger partial charge in [-0.1, -0.05) is 26.7 Å². The van der Waals surface area contributed by atoms with Crippen LogP contribution in [0.3, 0.4) is 0 Å². The lowest BCUT2D eigenvalue weighted by Gasteiger charge is -2.13. The topological polar surface area (TPSA) is 106 Å². The molecule has 2 atom stereocenters. The Kier molecular flexibility index (Phi) is 7.50. The van der Waals surface area contributed by atoms with E-state index >= 15 is 0 Å². The molecule has 8 heteroatoms. The van der Waals surface area contributed by atoms with Crippen molar-refractivity contribution in [2.45, 2.75) is 17.8 Å². The normalized spacial score (nSPS) is 14.1. The number of carboxylic acid groups (broad SMARTS) is 1. The number of azide groups is 1. The molecule has 0 fully saturated rings. The summed E-state index contributed by atoms with van der Waals surface area (Å²) in [6, 6.07) is 0. The van der Waals surface area contributed by atoms with Crippen LogP contribution < -0.4 is 0 Å². The fourth-order valence-corrected chi connectivity index (χ4v) is 2.65. The number of carbonyl (C=O) groups is 1. The second-order valence-corrected chi connectivity index (χ2v) is 5.16. The maximum atomic E-state index is 10.3. The number of rotatable bonds is 7. The molecule has 0 radical (unpaired) electrons. The summed E-state index contributed by atoms with van der Waals surface area (Å²) < 4.78 is 0. The van der Waals surface area contributed by atoms with Crippen LogP contribution in [-0.2, 0) is 4.79 Å². The molecule has 0 aromatic heterocycles. The van der Waals surface area contributed by atoms with Crippen LogP contribution in [0.15, 0.2) is 5.11 Å². The maximum Gasteiger partial charge on any atom is 0.332 e. The monoisotopic (exact) mass is 237 g/mol. The molecule has 1 unspecified atom stereocenters. The highest BCUT2D eigenvalue weighted by Gasteiger charge is 2.19. The summed E-state index contributed by atoms with van der Waals surface area (Å²) in [7, 11) is 2.83. The minimum absolute atomic E-state index is 0.0832. The Morgan fingerprint density at radius 3 is 2.79 bits per heavy atom. The van der Waals surface area contributed by atoms with E-state index in [0.29, 0.717) is 0 Å². The van der Waals surface area contributed by atoms with Gasteiger partial charge in [0.2, 0.25) is 0 Å². The number of aliphatic hydroxyl groups excluding tert-OH is 1. The molecule has 0 saturated heterocycles. The lowest BCUT2D eigenvalue weighted by atomic mass is 10.2. The van der Waals surface area contributed by atoms with Gasteiger partial charge in [-0.15, -0.1) is 0 Å². The van der Waals surface area contributed by atoms with Gasteiger partial charge in [0.1, 0.15) is 0 Å². The zero-order valence-electron chi connectivity index (χ0n) is 7.53. The van der Waals surface area contributed by atoms with Gasteiger partial charge in [0.15, 0.2) is 6.10 Å². The molecule has 0 aromatic carbocycles. The zero-order chi connectivity index (χ0) is 11.0.